The summed E-state index contributed by atoms with van der Waals surface area (Å²) < 4.78 is 31.8. The molecule has 1 N–H and O–H groups in total. The van der Waals surface area contributed by atoms with E-state index in [4.69, 9.17) is 4.74 Å². The van der Waals surface area contributed by atoms with E-state index in [1.54, 1.807) is 13.2 Å². The monoisotopic (exact) mass is 342 g/mol. The molecule has 0 fully saturated rings. The van der Waals surface area contributed by atoms with Gasteiger partial charge in [-0.3, -0.25) is 4.79 Å². The van der Waals surface area contributed by atoms with Gasteiger partial charge in [0.1, 0.15) is 17.3 Å². The first-order chi connectivity index (χ1) is 12.0. The van der Waals surface area contributed by atoms with Crippen molar-refractivity contribution in [2.75, 3.05) is 7.11 Å². The molecule has 0 unspecified atom stereocenters. The number of carbonyl (C=O) groups is 1. The molecule has 1 aliphatic rings. The minimum absolute atomic E-state index is 0.172. The maximum Gasteiger partial charge on any atom is 0.275 e. The van der Waals surface area contributed by atoms with Gasteiger partial charge in [0.15, 0.2) is 11.6 Å². The summed E-state index contributed by atoms with van der Waals surface area (Å²) in [5, 5.41) is 2.57. The zero-order valence-corrected chi connectivity index (χ0v) is 13.8. The zero-order chi connectivity index (χ0) is 18.0. The average Bonchev–Trinajstić information content (AvgIpc) is 2.98. The number of nitrogens with one attached hydrogen (secondary N) is 1. The normalized spacial score (nSPS) is 15.3. The Balaban J connectivity index is 2.00. The number of methoxy groups -OCH3 is 1. The van der Waals surface area contributed by atoms with Crippen LogP contribution in [0.2, 0.25) is 0 Å². The van der Waals surface area contributed by atoms with Gasteiger partial charge >= 0.3 is 0 Å². The van der Waals surface area contributed by atoms with E-state index in [-0.39, 0.29) is 11.5 Å². The number of ether oxygens (including phenoxy) is 1. The SMILES string of the molecule is CCc1ccc(OC)c(/C=C2/N=C(c3ccc(F)c(F)c3)NC2=O)c1. The van der Waals surface area contributed by atoms with Crippen LogP contribution < -0.4 is 10.1 Å². The van der Waals surface area contributed by atoms with Crippen molar-refractivity contribution in [1.82, 2.24) is 5.32 Å². The van der Waals surface area contributed by atoms with Crippen LogP contribution in [-0.2, 0) is 11.2 Å². The first-order valence-corrected chi connectivity index (χ1v) is 7.76. The molecule has 0 saturated carbocycles. The number of benzene rings is 2. The van der Waals surface area contributed by atoms with Crippen LogP contribution in [0.25, 0.3) is 6.08 Å². The van der Waals surface area contributed by atoms with E-state index >= 15 is 0 Å². The molecule has 0 aromatic heterocycles. The van der Waals surface area contributed by atoms with Gasteiger partial charge in [0.05, 0.1) is 7.11 Å². The smallest absolute Gasteiger partial charge is 0.275 e. The second kappa shape index (κ2) is 6.84. The van der Waals surface area contributed by atoms with Gasteiger partial charge in [-0.15, -0.1) is 0 Å². The molecular weight excluding hydrogens is 326 g/mol. The lowest BCUT2D eigenvalue weighted by molar-refractivity contribution is -0.115. The maximum atomic E-state index is 13.4. The lowest BCUT2D eigenvalue weighted by Crippen LogP contribution is -2.24. The van der Waals surface area contributed by atoms with E-state index in [2.05, 4.69) is 10.3 Å². The third-order valence-corrected chi connectivity index (χ3v) is 3.88. The Kier molecular flexibility index (Phi) is 4.61. The standard InChI is InChI=1S/C19H16F2N2O2/c1-3-11-4-7-17(25-2)13(8-11)10-16-19(24)23-18(22-16)12-5-6-14(20)15(21)9-12/h4-10H,3H2,1-2H3,(H,22,23,24)/b16-10+. The topological polar surface area (TPSA) is 50.7 Å². The number of hydrogen-bond donors (Lipinski definition) is 1. The average molecular weight is 342 g/mol. The molecule has 1 heterocycles. The number of aryl methyl sites for hydroxylation is 1. The predicted octanol–water partition coefficient (Wildman–Crippen LogP) is 3.45. The largest absolute Gasteiger partial charge is 0.496 e. The predicted molar refractivity (Wildman–Crippen MR) is 91.4 cm³/mol. The fourth-order valence-corrected chi connectivity index (χ4v) is 2.51. The van der Waals surface area contributed by atoms with Gasteiger partial charge in [-0.25, -0.2) is 13.8 Å². The van der Waals surface area contributed by atoms with Crippen molar-refractivity contribution < 1.29 is 18.3 Å². The molecule has 1 amide bonds. The zero-order valence-electron chi connectivity index (χ0n) is 13.8. The van der Waals surface area contributed by atoms with E-state index < -0.39 is 17.5 Å². The summed E-state index contributed by atoms with van der Waals surface area (Å²) in [6.45, 7) is 2.03. The molecule has 0 saturated heterocycles. The highest BCUT2D eigenvalue weighted by Crippen LogP contribution is 2.25. The molecule has 0 bridgehead atoms. The lowest BCUT2D eigenvalue weighted by atomic mass is 10.1. The van der Waals surface area contributed by atoms with Gasteiger partial charge in [0, 0.05) is 11.1 Å². The maximum absolute atomic E-state index is 13.4. The summed E-state index contributed by atoms with van der Waals surface area (Å²) in [6.07, 6.45) is 2.45. The Morgan fingerprint density at radius 3 is 2.64 bits per heavy atom. The van der Waals surface area contributed by atoms with Crippen molar-refractivity contribution in [1.29, 1.82) is 0 Å². The molecule has 6 heteroatoms. The molecule has 128 valence electrons. The summed E-state index contributed by atoms with van der Waals surface area (Å²) in [5.74, 6) is -1.56. The van der Waals surface area contributed by atoms with Crippen LogP contribution in [0, 0.1) is 11.6 Å². The Hall–Kier alpha value is -3.02. The summed E-state index contributed by atoms with van der Waals surface area (Å²) in [7, 11) is 1.55. The molecule has 0 radical (unpaired) electrons. The Bertz CT molecular complexity index is 904. The lowest BCUT2D eigenvalue weighted by Gasteiger charge is -2.07. The second-order valence-electron chi connectivity index (χ2n) is 5.50. The highest BCUT2D eigenvalue weighted by atomic mass is 19.2. The van der Waals surface area contributed by atoms with Crippen molar-refractivity contribution in [2.45, 2.75) is 13.3 Å². The summed E-state index contributed by atoms with van der Waals surface area (Å²) in [6, 6.07) is 9.05. The van der Waals surface area contributed by atoms with Crippen LogP contribution in [0.4, 0.5) is 8.78 Å². The van der Waals surface area contributed by atoms with Crippen molar-refractivity contribution in [3.63, 3.8) is 0 Å². The minimum Gasteiger partial charge on any atom is -0.496 e. The van der Waals surface area contributed by atoms with Gasteiger partial charge in [-0.05, 0) is 48.4 Å². The van der Waals surface area contributed by atoms with E-state index in [0.29, 0.717) is 11.3 Å². The summed E-state index contributed by atoms with van der Waals surface area (Å²) >= 11 is 0. The second-order valence-corrected chi connectivity index (χ2v) is 5.50. The van der Waals surface area contributed by atoms with Crippen LogP contribution in [0.3, 0.4) is 0 Å². The van der Waals surface area contributed by atoms with Crippen LogP contribution in [0.1, 0.15) is 23.6 Å². The summed E-state index contributed by atoms with van der Waals surface area (Å²) in [5.41, 5.74) is 2.29. The third kappa shape index (κ3) is 3.42. The molecule has 0 aliphatic carbocycles. The van der Waals surface area contributed by atoms with Crippen LogP contribution in [-0.4, -0.2) is 18.9 Å². The first kappa shape index (κ1) is 16.8. The molecule has 0 atom stereocenters. The number of amidine groups is 1. The number of nitrogens with zero attached hydrogens (tertiary/aromatic N) is 1. The fourth-order valence-electron chi connectivity index (χ4n) is 2.51. The summed E-state index contributed by atoms with van der Waals surface area (Å²) in [4.78, 5) is 16.4. The van der Waals surface area contributed by atoms with Gasteiger partial charge < -0.3 is 10.1 Å². The van der Waals surface area contributed by atoms with Crippen LogP contribution in [0.15, 0.2) is 47.1 Å². The van der Waals surface area contributed by atoms with Crippen molar-refractivity contribution in [2.24, 2.45) is 4.99 Å². The van der Waals surface area contributed by atoms with E-state index in [9.17, 15) is 13.6 Å². The quantitative estimate of drug-likeness (QED) is 0.865. The van der Waals surface area contributed by atoms with Gasteiger partial charge in [0.25, 0.3) is 5.91 Å². The molecule has 25 heavy (non-hydrogen) atoms. The molecule has 2 aromatic rings. The number of hydrogen-bond acceptors (Lipinski definition) is 3. The number of halogens is 2. The van der Waals surface area contributed by atoms with Gasteiger partial charge in [-0.2, -0.15) is 0 Å². The highest BCUT2D eigenvalue weighted by Gasteiger charge is 2.22. The fraction of sp³-hybridized carbons (Fsp3) is 0.158. The number of amides is 1. The van der Waals surface area contributed by atoms with Crippen molar-refractivity contribution >= 4 is 17.8 Å². The molecular formula is C19H16F2N2O2. The third-order valence-electron chi connectivity index (χ3n) is 3.88. The number of carbonyl (C=O) groups excluding carboxylic acids is 1. The highest BCUT2D eigenvalue weighted by molar-refractivity contribution is 6.19. The van der Waals surface area contributed by atoms with Crippen LogP contribution in [0.5, 0.6) is 5.75 Å². The molecule has 4 nitrogen and oxygen atoms in total. The van der Waals surface area contributed by atoms with Gasteiger partial charge in [0.2, 0.25) is 0 Å². The van der Waals surface area contributed by atoms with E-state index in [1.165, 1.54) is 6.07 Å². The van der Waals surface area contributed by atoms with Crippen LogP contribution >= 0.6 is 0 Å². The molecule has 1 aliphatic heterocycles. The minimum atomic E-state index is -0.996. The molecule has 3 rings (SSSR count). The van der Waals surface area contributed by atoms with Crippen molar-refractivity contribution in [3.05, 3.63) is 70.4 Å². The number of rotatable bonds is 4. The van der Waals surface area contributed by atoms with E-state index in [0.717, 1.165) is 29.7 Å². The Labute approximate surface area is 143 Å². The first-order valence-electron chi connectivity index (χ1n) is 7.76. The molecule has 2 aromatic carbocycles. The Morgan fingerprint density at radius 2 is 1.96 bits per heavy atom. The van der Waals surface area contributed by atoms with E-state index in [1.807, 2.05) is 25.1 Å². The van der Waals surface area contributed by atoms with Crippen molar-refractivity contribution in [3.8, 4) is 5.75 Å². The molecule has 0 spiro atoms. The van der Waals surface area contributed by atoms with Gasteiger partial charge in [-0.1, -0.05) is 13.0 Å². The Morgan fingerprint density at radius 1 is 1.16 bits per heavy atom. The number of aliphatic imine (C=N–C) groups is 1.